The van der Waals surface area contributed by atoms with E-state index < -0.39 is 5.60 Å². The molecular formula is C18H27NO3. The highest BCUT2D eigenvalue weighted by Gasteiger charge is 2.39. The van der Waals surface area contributed by atoms with Crippen molar-refractivity contribution < 1.29 is 14.6 Å². The first-order chi connectivity index (χ1) is 10.4. The van der Waals surface area contributed by atoms with Gasteiger partial charge in [0.15, 0.2) is 0 Å². The van der Waals surface area contributed by atoms with Crippen molar-refractivity contribution in [1.29, 1.82) is 0 Å². The molecule has 1 aromatic carbocycles. The lowest BCUT2D eigenvalue weighted by Gasteiger charge is -2.43. The Bertz CT molecular complexity index is 517. The van der Waals surface area contributed by atoms with Gasteiger partial charge in [-0.25, -0.2) is 0 Å². The van der Waals surface area contributed by atoms with Crippen molar-refractivity contribution in [2.45, 2.75) is 38.7 Å². The first kappa shape index (κ1) is 17.0. The summed E-state index contributed by atoms with van der Waals surface area (Å²) >= 11 is 0. The normalized spacial score (nSPS) is 25.3. The SMILES string of the molecule is COCC[C@]1(O)CCN(C(=O)Cc2cccc(C)c2)C[C@H]1C. The fraction of sp³-hybridized carbons (Fsp3) is 0.611. The van der Waals surface area contributed by atoms with E-state index in [0.717, 1.165) is 5.56 Å². The monoisotopic (exact) mass is 305 g/mol. The molecule has 1 N–H and O–H groups in total. The molecule has 1 saturated heterocycles. The summed E-state index contributed by atoms with van der Waals surface area (Å²) in [6.07, 6.45) is 1.69. The minimum atomic E-state index is -0.712. The van der Waals surface area contributed by atoms with Gasteiger partial charge >= 0.3 is 0 Å². The molecule has 2 atom stereocenters. The van der Waals surface area contributed by atoms with Crippen molar-refractivity contribution >= 4 is 5.91 Å². The van der Waals surface area contributed by atoms with Gasteiger partial charge in [0.1, 0.15) is 0 Å². The topological polar surface area (TPSA) is 49.8 Å². The molecule has 2 rings (SSSR count). The number of amides is 1. The molecule has 22 heavy (non-hydrogen) atoms. The predicted octanol–water partition coefficient (Wildman–Crippen LogP) is 2.17. The molecule has 122 valence electrons. The molecule has 4 heteroatoms. The van der Waals surface area contributed by atoms with E-state index in [0.29, 0.717) is 39.0 Å². The third kappa shape index (κ3) is 4.08. The Morgan fingerprint density at radius 1 is 1.50 bits per heavy atom. The zero-order chi connectivity index (χ0) is 16.2. The molecule has 0 aliphatic carbocycles. The van der Waals surface area contributed by atoms with E-state index >= 15 is 0 Å². The van der Waals surface area contributed by atoms with E-state index in [1.807, 2.05) is 36.9 Å². The Labute approximate surface area is 133 Å². The van der Waals surface area contributed by atoms with E-state index in [4.69, 9.17) is 4.74 Å². The molecule has 1 aliphatic heterocycles. The smallest absolute Gasteiger partial charge is 0.227 e. The van der Waals surface area contributed by atoms with Crippen LogP contribution in [0.5, 0.6) is 0 Å². The highest BCUT2D eigenvalue weighted by molar-refractivity contribution is 5.79. The van der Waals surface area contributed by atoms with Gasteiger partial charge in [0.25, 0.3) is 0 Å². The van der Waals surface area contributed by atoms with Crippen LogP contribution in [0.4, 0.5) is 0 Å². The van der Waals surface area contributed by atoms with Crippen molar-refractivity contribution in [2.24, 2.45) is 5.92 Å². The maximum Gasteiger partial charge on any atom is 0.227 e. The molecule has 0 bridgehead atoms. The second-order valence-corrected chi connectivity index (χ2v) is 6.50. The molecule has 0 radical (unpaired) electrons. The first-order valence-electron chi connectivity index (χ1n) is 7.99. The van der Waals surface area contributed by atoms with Crippen molar-refractivity contribution in [3.63, 3.8) is 0 Å². The van der Waals surface area contributed by atoms with Crippen molar-refractivity contribution in [3.05, 3.63) is 35.4 Å². The highest BCUT2D eigenvalue weighted by Crippen LogP contribution is 2.31. The van der Waals surface area contributed by atoms with Gasteiger partial charge in [-0.2, -0.15) is 0 Å². The fourth-order valence-electron chi connectivity index (χ4n) is 3.15. The minimum Gasteiger partial charge on any atom is -0.389 e. The second-order valence-electron chi connectivity index (χ2n) is 6.50. The van der Waals surface area contributed by atoms with Gasteiger partial charge in [0.05, 0.1) is 12.0 Å². The Hall–Kier alpha value is -1.39. The lowest BCUT2D eigenvalue weighted by atomic mass is 9.79. The standard InChI is InChI=1S/C18H27NO3/c1-14-5-4-6-16(11-14)12-17(20)19-9-7-18(21,8-10-22-3)15(2)13-19/h4-6,11,15,21H,7-10,12-13H2,1-3H3/t15-,18-/m1/s1. The van der Waals surface area contributed by atoms with Gasteiger partial charge in [-0.15, -0.1) is 0 Å². The number of hydrogen-bond donors (Lipinski definition) is 1. The first-order valence-corrected chi connectivity index (χ1v) is 7.99. The number of carbonyl (C=O) groups excluding carboxylic acids is 1. The van der Waals surface area contributed by atoms with Crippen molar-refractivity contribution in [2.75, 3.05) is 26.8 Å². The maximum atomic E-state index is 12.5. The molecule has 1 heterocycles. The van der Waals surface area contributed by atoms with Crippen molar-refractivity contribution in [1.82, 2.24) is 4.90 Å². The van der Waals surface area contributed by atoms with E-state index in [9.17, 15) is 9.90 Å². The summed E-state index contributed by atoms with van der Waals surface area (Å²) in [6, 6.07) is 8.07. The summed E-state index contributed by atoms with van der Waals surface area (Å²) in [5.41, 5.74) is 1.51. The number of nitrogens with zero attached hydrogens (tertiary/aromatic N) is 1. The van der Waals surface area contributed by atoms with E-state index in [1.165, 1.54) is 5.56 Å². The lowest BCUT2D eigenvalue weighted by molar-refractivity contribution is -0.139. The van der Waals surface area contributed by atoms with E-state index in [-0.39, 0.29) is 11.8 Å². The predicted molar refractivity (Wildman–Crippen MR) is 86.7 cm³/mol. The Kier molecular flexibility index (Phi) is 5.59. The lowest BCUT2D eigenvalue weighted by Crippen LogP contribution is -2.53. The Morgan fingerprint density at radius 3 is 2.91 bits per heavy atom. The van der Waals surface area contributed by atoms with Crippen LogP contribution in [0.25, 0.3) is 0 Å². The van der Waals surface area contributed by atoms with Crippen LogP contribution in [-0.2, 0) is 16.0 Å². The maximum absolute atomic E-state index is 12.5. The molecular weight excluding hydrogens is 278 g/mol. The van der Waals surface area contributed by atoms with Crippen LogP contribution in [0.2, 0.25) is 0 Å². The van der Waals surface area contributed by atoms with Crippen LogP contribution in [0.15, 0.2) is 24.3 Å². The number of rotatable bonds is 5. The molecule has 1 aromatic rings. The minimum absolute atomic E-state index is 0.0675. The zero-order valence-electron chi connectivity index (χ0n) is 13.8. The number of aryl methyl sites for hydroxylation is 1. The third-order valence-electron chi connectivity index (χ3n) is 4.76. The summed E-state index contributed by atoms with van der Waals surface area (Å²) in [5, 5.41) is 10.7. The molecule has 0 unspecified atom stereocenters. The zero-order valence-corrected chi connectivity index (χ0v) is 13.8. The Balaban J connectivity index is 1.93. The average Bonchev–Trinajstić information content (AvgIpc) is 2.48. The summed E-state index contributed by atoms with van der Waals surface area (Å²) in [4.78, 5) is 14.4. The molecule has 1 aliphatic rings. The number of carbonyl (C=O) groups is 1. The van der Waals surface area contributed by atoms with Crippen LogP contribution in [0.3, 0.4) is 0 Å². The number of ether oxygens (including phenoxy) is 1. The van der Waals surface area contributed by atoms with Gasteiger partial charge in [-0.3, -0.25) is 4.79 Å². The van der Waals surface area contributed by atoms with Gasteiger partial charge in [0, 0.05) is 32.7 Å². The largest absolute Gasteiger partial charge is 0.389 e. The number of benzene rings is 1. The Morgan fingerprint density at radius 2 is 2.27 bits per heavy atom. The molecule has 1 fully saturated rings. The summed E-state index contributed by atoms with van der Waals surface area (Å²) in [7, 11) is 1.65. The number of piperidine rings is 1. The molecule has 0 saturated carbocycles. The third-order valence-corrected chi connectivity index (χ3v) is 4.76. The number of hydrogen-bond acceptors (Lipinski definition) is 3. The van der Waals surface area contributed by atoms with Gasteiger partial charge in [-0.1, -0.05) is 36.8 Å². The van der Waals surface area contributed by atoms with Crippen LogP contribution >= 0.6 is 0 Å². The summed E-state index contributed by atoms with van der Waals surface area (Å²) < 4.78 is 5.08. The fourth-order valence-corrected chi connectivity index (χ4v) is 3.15. The highest BCUT2D eigenvalue weighted by atomic mass is 16.5. The van der Waals surface area contributed by atoms with Crippen LogP contribution in [0.1, 0.15) is 30.9 Å². The molecule has 0 spiro atoms. The summed E-state index contributed by atoms with van der Waals surface area (Å²) in [5.74, 6) is 0.212. The average molecular weight is 305 g/mol. The van der Waals surface area contributed by atoms with Gasteiger partial charge in [0.2, 0.25) is 5.91 Å². The van der Waals surface area contributed by atoms with Crippen LogP contribution in [0, 0.1) is 12.8 Å². The second kappa shape index (κ2) is 7.25. The van der Waals surface area contributed by atoms with Gasteiger partial charge in [-0.05, 0) is 25.3 Å². The number of likely N-dealkylation sites (tertiary alicyclic amines) is 1. The number of methoxy groups -OCH3 is 1. The van der Waals surface area contributed by atoms with Crippen LogP contribution in [-0.4, -0.2) is 48.3 Å². The number of aliphatic hydroxyl groups is 1. The molecule has 4 nitrogen and oxygen atoms in total. The quantitative estimate of drug-likeness (QED) is 0.907. The van der Waals surface area contributed by atoms with E-state index in [2.05, 4.69) is 6.07 Å². The molecule has 0 aromatic heterocycles. The van der Waals surface area contributed by atoms with Crippen LogP contribution < -0.4 is 0 Å². The van der Waals surface area contributed by atoms with E-state index in [1.54, 1.807) is 7.11 Å². The summed E-state index contributed by atoms with van der Waals surface area (Å²) in [6.45, 7) is 5.84. The van der Waals surface area contributed by atoms with Crippen molar-refractivity contribution in [3.8, 4) is 0 Å². The molecule has 1 amide bonds. The van der Waals surface area contributed by atoms with Gasteiger partial charge < -0.3 is 14.7 Å².